The predicted octanol–water partition coefficient (Wildman–Crippen LogP) is 3.73. The number of hydrogen-bond donors (Lipinski definition) is 2. The molecule has 0 spiro atoms. The van der Waals surface area contributed by atoms with Crippen molar-refractivity contribution in [2.75, 3.05) is 48.9 Å². The van der Waals surface area contributed by atoms with E-state index in [1.807, 2.05) is 18.2 Å². The van der Waals surface area contributed by atoms with E-state index in [2.05, 4.69) is 44.2 Å². The molecule has 2 aromatic carbocycles. The summed E-state index contributed by atoms with van der Waals surface area (Å²) in [7, 11) is 1.53. The lowest BCUT2D eigenvalue weighted by molar-refractivity contribution is -0.111. The van der Waals surface area contributed by atoms with Crippen LogP contribution in [0.1, 0.15) is 5.56 Å². The van der Waals surface area contributed by atoms with Crippen LogP contribution in [0, 0.1) is 11.3 Å². The Bertz CT molecular complexity index is 1250. The van der Waals surface area contributed by atoms with Gasteiger partial charge in [0.1, 0.15) is 11.8 Å². The molecular formula is C25H24N6O3. The van der Waals surface area contributed by atoms with Crippen LogP contribution >= 0.6 is 0 Å². The molecule has 1 aromatic heterocycles. The van der Waals surface area contributed by atoms with Crippen LogP contribution in [0.5, 0.6) is 5.75 Å². The van der Waals surface area contributed by atoms with Gasteiger partial charge in [-0.2, -0.15) is 5.26 Å². The normalized spacial score (nSPS) is 13.0. The quantitative estimate of drug-likeness (QED) is 0.517. The molecule has 1 aliphatic rings. The fourth-order valence-corrected chi connectivity index (χ4v) is 3.62. The minimum Gasteiger partial charge on any atom is -0.496 e. The van der Waals surface area contributed by atoms with Gasteiger partial charge in [0.05, 0.1) is 37.8 Å². The number of carbonyl (C=O) groups is 1. The predicted molar refractivity (Wildman–Crippen MR) is 130 cm³/mol. The van der Waals surface area contributed by atoms with Crippen molar-refractivity contribution < 1.29 is 14.3 Å². The van der Waals surface area contributed by atoms with Gasteiger partial charge in [0, 0.05) is 35.7 Å². The van der Waals surface area contributed by atoms with Gasteiger partial charge in [-0.25, -0.2) is 9.97 Å². The minimum atomic E-state index is -0.346. The van der Waals surface area contributed by atoms with Crippen molar-refractivity contribution in [3.8, 4) is 23.1 Å². The van der Waals surface area contributed by atoms with Gasteiger partial charge in [0.25, 0.3) is 0 Å². The molecule has 9 heteroatoms. The Balaban J connectivity index is 1.67. The third-order valence-electron chi connectivity index (χ3n) is 5.30. The molecule has 0 radical (unpaired) electrons. The molecule has 2 N–H and O–H groups in total. The highest BCUT2D eigenvalue weighted by atomic mass is 16.5. The number of nitriles is 1. The smallest absolute Gasteiger partial charge is 0.247 e. The van der Waals surface area contributed by atoms with Crippen molar-refractivity contribution in [1.29, 1.82) is 5.26 Å². The second-order valence-electron chi connectivity index (χ2n) is 7.45. The van der Waals surface area contributed by atoms with E-state index in [9.17, 15) is 10.1 Å². The molecule has 2 heterocycles. The maximum atomic E-state index is 11.7. The van der Waals surface area contributed by atoms with E-state index < -0.39 is 0 Å². The lowest BCUT2D eigenvalue weighted by Gasteiger charge is -2.29. The van der Waals surface area contributed by atoms with Gasteiger partial charge in [-0.15, -0.1) is 0 Å². The number of aromatic nitrogens is 2. The highest BCUT2D eigenvalue weighted by Crippen LogP contribution is 2.34. The number of methoxy groups -OCH3 is 1. The summed E-state index contributed by atoms with van der Waals surface area (Å²) < 4.78 is 10.9. The van der Waals surface area contributed by atoms with Crippen molar-refractivity contribution in [1.82, 2.24) is 9.97 Å². The molecule has 9 nitrogen and oxygen atoms in total. The zero-order chi connectivity index (χ0) is 23.9. The van der Waals surface area contributed by atoms with Crippen molar-refractivity contribution in [2.45, 2.75) is 0 Å². The van der Waals surface area contributed by atoms with Crippen molar-refractivity contribution in [3.63, 3.8) is 0 Å². The van der Waals surface area contributed by atoms with Crippen molar-refractivity contribution >= 4 is 28.9 Å². The summed E-state index contributed by atoms with van der Waals surface area (Å²) in [5.74, 6) is 0.490. The number of amides is 1. The van der Waals surface area contributed by atoms with E-state index in [0.29, 0.717) is 41.9 Å². The third kappa shape index (κ3) is 5.14. The van der Waals surface area contributed by atoms with E-state index in [4.69, 9.17) is 9.47 Å². The zero-order valence-corrected chi connectivity index (χ0v) is 18.7. The van der Waals surface area contributed by atoms with Crippen molar-refractivity contribution in [3.05, 3.63) is 66.9 Å². The van der Waals surface area contributed by atoms with Crippen LogP contribution in [0.2, 0.25) is 0 Å². The van der Waals surface area contributed by atoms with Gasteiger partial charge < -0.3 is 25.0 Å². The third-order valence-corrected chi connectivity index (χ3v) is 5.30. The number of hydrogen-bond acceptors (Lipinski definition) is 8. The maximum absolute atomic E-state index is 11.7. The molecule has 0 bridgehead atoms. The summed E-state index contributed by atoms with van der Waals surface area (Å²) in [4.78, 5) is 22.9. The second-order valence-corrected chi connectivity index (χ2v) is 7.45. The number of morpholine rings is 1. The molecule has 0 atom stereocenters. The highest BCUT2D eigenvalue weighted by Gasteiger charge is 2.16. The van der Waals surface area contributed by atoms with E-state index >= 15 is 0 Å². The molecule has 172 valence electrons. The first-order valence-electron chi connectivity index (χ1n) is 10.7. The molecule has 1 saturated heterocycles. The van der Waals surface area contributed by atoms with E-state index in [-0.39, 0.29) is 11.5 Å². The molecule has 0 saturated carbocycles. The van der Waals surface area contributed by atoms with Crippen molar-refractivity contribution in [2.24, 2.45) is 0 Å². The van der Waals surface area contributed by atoms with E-state index in [1.165, 1.54) is 19.4 Å². The first kappa shape index (κ1) is 22.8. The number of anilines is 4. The Morgan fingerprint density at radius 2 is 2.06 bits per heavy atom. The topological polar surface area (TPSA) is 112 Å². The number of nitrogens with zero attached hydrogens (tertiary/aromatic N) is 4. The Morgan fingerprint density at radius 1 is 1.24 bits per heavy atom. The summed E-state index contributed by atoms with van der Waals surface area (Å²) in [5, 5.41) is 15.6. The Hall–Kier alpha value is -4.42. The van der Waals surface area contributed by atoms with Gasteiger partial charge >= 0.3 is 0 Å². The number of nitrogens with one attached hydrogen (secondary N) is 2. The minimum absolute atomic E-state index is 0.276. The van der Waals surface area contributed by atoms with Crippen LogP contribution < -0.4 is 20.3 Å². The molecule has 0 aliphatic carbocycles. The average molecular weight is 457 g/mol. The van der Waals surface area contributed by atoms with Crippen LogP contribution in [0.3, 0.4) is 0 Å². The Kier molecular flexibility index (Phi) is 7.01. The maximum Gasteiger partial charge on any atom is 0.247 e. The first-order chi connectivity index (χ1) is 16.6. The number of benzene rings is 2. The molecule has 34 heavy (non-hydrogen) atoms. The summed E-state index contributed by atoms with van der Waals surface area (Å²) in [5.41, 5.74) is 3.63. The van der Waals surface area contributed by atoms with Crippen LogP contribution in [-0.4, -0.2) is 49.3 Å². The number of carbonyl (C=O) groups excluding carboxylic acids is 1. The van der Waals surface area contributed by atoms with Gasteiger partial charge in [-0.1, -0.05) is 12.6 Å². The molecular weight excluding hydrogens is 432 g/mol. The summed E-state index contributed by atoms with van der Waals surface area (Å²) >= 11 is 0. The van der Waals surface area contributed by atoms with Crippen LogP contribution in [0.4, 0.5) is 23.0 Å². The summed E-state index contributed by atoms with van der Waals surface area (Å²) in [6, 6.07) is 15.2. The lowest BCUT2D eigenvalue weighted by atomic mass is 10.1. The largest absolute Gasteiger partial charge is 0.496 e. The Labute approximate surface area is 197 Å². The molecule has 1 aliphatic heterocycles. The van der Waals surface area contributed by atoms with Gasteiger partial charge in [0.15, 0.2) is 0 Å². The van der Waals surface area contributed by atoms with Gasteiger partial charge in [0.2, 0.25) is 11.9 Å². The van der Waals surface area contributed by atoms with E-state index in [1.54, 1.807) is 18.2 Å². The second kappa shape index (κ2) is 10.5. The molecule has 1 fully saturated rings. The Morgan fingerprint density at radius 3 is 2.79 bits per heavy atom. The fourth-order valence-electron chi connectivity index (χ4n) is 3.62. The summed E-state index contributed by atoms with van der Waals surface area (Å²) in [6.45, 7) is 6.54. The monoisotopic (exact) mass is 456 g/mol. The highest BCUT2D eigenvalue weighted by molar-refractivity contribution is 5.99. The zero-order valence-electron chi connectivity index (χ0n) is 18.7. The van der Waals surface area contributed by atoms with Crippen LogP contribution in [0.25, 0.3) is 11.3 Å². The molecule has 0 unspecified atom stereocenters. The number of rotatable bonds is 7. The number of ether oxygens (including phenoxy) is 2. The van der Waals surface area contributed by atoms with Gasteiger partial charge in [-0.3, -0.25) is 4.79 Å². The van der Waals surface area contributed by atoms with Gasteiger partial charge in [-0.05, 0) is 42.5 Å². The van der Waals surface area contributed by atoms with E-state index in [0.717, 1.165) is 24.5 Å². The standard InChI is InChI=1S/C25H24N6O3/c1-3-23(32)28-19-7-8-22(33-2)21(14-19)24-17(15-26)16-27-25(30-24)29-18-5-4-6-20(13-18)31-9-11-34-12-10-31/h3-8,13-14,16H,1,9-12H2,2H3,(H,28,32)(H,27,29,30). The SMILES string of the molecule is C=CC(=O)Nc1ccc(OC)c(-c2nc(Nc3cccc(N4CCOCC4)c3)ncc2C#N)c1. The van der Waals surface area contributed by atoms with Crippen LogP contribution in [-0.2, 0) is 9.53 Å². The molecule has 1 amide bonds. The first-order valence-corrected chi connectivity index (χ1v) is 10.7. The fraction of sp³-hybridized carbons (Fsp3) is 0.200. The summed E-state index contributed by atoms with van der Waals surface area (Å²) in [6.07, 6.45) is 2.65. The van der Waals surface area contributed by atoms with Crippen LogP contribution in [0.15, 0.2) is 61.3 Å². The average Bonchev–Trinajstić information content (AvgIpc) is 2.89. The molecule has 3 aromatic rings. The molecule has 4 rings (SSSR count). The lowest BCUT2D eigenvalue weighted by Crippen LogP contribution is -2.36.